The van der Waals surface area contributed by atoms with Gasteiger partial charge in [0.2, 0.25) is 0 Å². The van der Waals surface area contributed by atoms with Crippen molar-refractivity contribution in [3.8, 4) is 0 Å². The van der Waals surface area contributed by atoms with E-state index in [1.807, 2.05) is 12.1 Å². The van der Waals surface area contributed by atoms with Gasteiger partial charge in [-0.25, -0.2) is 9.50 Å². The lowest BCUT2D eigenvalue weighted by atomic mass is 9.98. The van der Waals surface area contributed by atoms with Crippen molar-refractivity contribution in [3.63, 3.8) is 0 Å². The van der Waals surface area contributed by atoms with Crippen molar-refractivity contribution in [2.24, 2.45) is 5.41 Å². The van der Waals surface area contributed by atoms with Crippen LogP contribution in [-0.2, 0) is 19.0 Å². The average Bonchev–Trinajstić information content (AvgIpc) is 3.17. The van der Waals surface area contributed by atoms with Crippen LogP contribution in [0.25, 0.3) is 5.52 Å². The fourth-order valence-electron chi connectivity index (χ4n) is 2.75. The fourth-order valence-corrected chi connectivity index (χ4v) is 2.75. The first-order chi connectivity index (χ1) is 11.9. The minimum atomic E-state index is -0.530. The van der Waals surface area contributed by atoms with Gasteiger partial charge in [0.25, 0.3) is 0 Å². The van der Waals surface area contributed by atoms with Gasteiger partial charge in [0.05, 0.1) is 23.8 Å². The number of hydrogen-bond acceptors (Lipinski definition) is 7. The summed E-state index contributed by atoms with van der Waals surface area (Å²) in [4.78, 5) is 15.6. The van der Waals surface area contributed by atoms with Crippen molar-refractivity contribution in [1.82, 2.24) is 14.6 Å². The number of esters is 1. The maximum Gasteiger partial charge on any atom is 0.313 e. The molecule has 3 rings (SSSR count). The van der Waals surface area contributed by atoms with Crippen molar-refractivity contribution in [3.05, 3.63) is 24.2 Å². The standard InChI is InChI=1S/C17H24N4O4/c1-17(2,3)16(22)24-10-23-8-11-4-7-14(25-11)12-5-6-13-15(18)19-9-20-21(12)13/h5-6,9,11,14H,4,7-8,10H2,1-3H3,(H2,18,19,20). The van der Waals surface area contributed by atoms with E-state index < -0.39 is 5.41 Å². The largest absolute Gasteiger partial charge is 0.438 e. The number of carbonyl (C=O) groups is 1. The highest BCUT2D eigenvalue weighted by Crippen LogP contribution is 2.33. The Morgan fingerprint density at radius 2 is 2.20 bits per heavy atom. The van der Waals surface area contributed by atoms with Gasteiger partial charge < -0.3 is 19.9 Å². The van der Waals surface area contributed by atoms with Crippen molar-refractivity contribution >= 4 is 17.3 Å². The zero-order chi connectivity index (χ0) is 18.0. The van der Waals surface area contributed by atoms with Crippen LogP contribution in [0, 0.1) is 5.41 Å². The first kappa shape index (κ1) is 17.6. The molecule has 8 heteroatoms. The van der Waals surface area contributed by atoms with Gasteiger partial charge in [-0.3, -0.25) is 4.79 Å². The van der Waals surface area contributed by atoms with Gasteiger partial charge in [-0.1, -0.05) is 0 Å². The van der Waals surface area contributed by atoms with Crippen LogP contribution in [0.3, 0.4) is 0 Å². The first-order valence-electron chi connectivity index (χ1n) is 8.35. The molecule has 1 aliphatic rings. The zero-order valence-corrected chi connectivity index (χ0v) is 14.8. The number of nitrogens with zero attached hydrogens (tertiary/aromatic N) is 3. The third-order valence-corrected chi connectivity index (χ3v) is 4.14. The molecular formula is C17H24N4O4. The van der Waals surface area contributed by atoms with Crippen molar-refractivity contribution < 1.29 is 19.0 Å². The molecule has 136 valence electrons. The van der Waals surface area contributed by atoms with Crippen LogP contribution in [0.4, 0.5) is 5.82 Å². The Morgan fingerprint density at radius 3 is 2.96 bits per heavy atom. The van der Waals surface area contributed by atoms with Crippen LogP contribution in [0.1, 0.15) is 45.4 Å². The molecule has 3 heterocycles. The zero-order valence-electron chi connectivity index (χ0n) is 14.8. The lowest BCUT2D eigenvalue weighted by Gasteiger charge is -2.17. The average molecular weight is 348 g/mol. The molecule has 25 heavy (non-hydrogen) atoms. The lowest BCUT2D eigenvalue weighted by molar-refractivity contribution is -0.168. The summed E-state index contributed by atoms with van der Waals surface area (Å²) in [6, 6.07) is 3.85. The minimum absolute atomic E-state index is 0.0388. The molecule has 0 amide bonds. The lowest BCUT2D eigenvalue weighted by Crippen LogP contribution is -2.25. The van der Waals surface area contributed by atoms with Crippen LogP contribution >= 0.6 is 0 Å². The molecule has 1 aliphatic heterocycles. The second-order valence-corrected chi connectivity index (χ2v) is 7.20. The van der Waals surface area contributed by atoms with Crippen LogP contribution in [0.5, 0.6) is 0 Å². The summed E-state index contributed by atoms with van der Waals surface area (Å²) in [5, 5.41) is 4.25. The van der Waals surface area contributed by atoms with E-state index in [4.69, 9.17) is 19.9 Å². The molecule has 8 nitrogen and oxygen atoms in total. The number of fused-ring (bicyclic) bond motifs is 1. The maximum atomic E-state index is 11.7. The van der Waals surface area contributed by atoms with E-state index in [1.54, 1.807) is 25.3 Å². The molecule has 0 radical (unpaired) electrons. The van der Waals surface area contributed by atoms with Gasteiger partial charge in [-0.15, -0.1) is 0 Å². The van der Waals surface area contributed by atoms with Crippen molar-refractivity contribution in [2.45, 2.75) is 45.8 Å². The highest BCUT2D eigenvalue weighted by molar-refractivity contribution is 5.75. The Labute approximate surface area is 146 Å². The Bertz CT molecular complexity index is 753. The van der Waals surface area contributed by atoms with E-state index in [9.17, 15) is 4.79 Å². The van der Waals surface area contributed by atoms with E-state index in [0.717, 1.165) is 24.1 Å². The Balaban J connectivity index is 1.50. The molecule has 2 N–H and O–H groups in total. The number of hydrogen-bond donors (Lipinski definition) is 1. The Hall–Kier alpha value is -2.19. The highest BCUT2D eigenvalue weighted by Gasteiger charge is 2.29. The molecule has 0 spiro atoms. The fraction of sp³-hybridized carbons (Fsp3) is 0.588. The molecule has 2 aromatic heterocycles. The third kappa shape index (κ3) is 3.91. The monoisotopic (exact) mass is 348 g/mol. The van der Waals surface area contributed by atoms with E-state index >= 15 is 0 Å². The predicted molar refractivity (Wildman–Crippen MR) is 90.6 cm³/mol. The van der Waals surface area contributed by atoms with E-state index in [-0.39, 0.29) is 25.0 Å². The summed E-state index contributed by atoms with van der Waals surface area (Å²) < 4.78 is 18.3. The molecule has 0 aliphatic carbocycles. The number of ether oxygens (including phenoxy) is 3. The van der Waals surface area contributed by atoms with E-state index in [2.05, 4.69) is 10.1 Å². The highest BCUT2D eigenvalue weighted by atomic mass is 16.7. The molecule has 0 bridgehead atoms. The molecule has 2 unspecified atom stereocenters. The molecule has 1 saturated heterocycles. The van der Waals surface area contributed by atoms with Gasteiger partial charge in [0.1, 0.15) is 17.9 Å². The van der Waals surface area contributed by atoms with Gasteiger partial charge in [0.15, 0.2) is 12.6 Å². The van der Waals surface area contributed by atoms with Crippen LogP contribution in [-0.4, -0.2) is 40.1 Å². The topological polar surface area (TPSA) is 101 Å². The molecule has 0 saturated carbocycles. The van der Waals surface area contributed by atoms with Gasteiger partial charge in [0, 0.05) is 0 Å². The molecule has 0 aromatic carbocycles. The number of aromatic nitrogens is 3. The summed E-state index contributed by atoms with van der Waals surface area (Å²) >= 11 is 0. The molecular weight excluding hydrogens is 324 g/mol. The number of rotatable bonds is 5. The Kier molecular flexibility index (Phi) is 4.91. The quantitative estimate of drug-likeness (QED) is 0.501. The predicted octanol–water partition coefficient (Wildman–Crippen LogP) is 2.09. The maximum absolute atomic E-state index is 11.7. The van der Waals surface area contributed by atoms with Crippen LogP contribution < -0.4 is 5.73 Å². The van der Waals surface area contributed by atoms with Gasteiger partial charge in [-0.2, -0.15) is 5.10 Å². The van der Waals surface area contributed by atoms with Crippen LogP contribution in [0.15, 0.2) is 18.5 Å². The minimum Gasteiger partial charge on any atom is -0.438 e. The second-order valence-electron chi connectivity index (χ2n) is 7.20. The van der Waals surface area contributed by atoms with E-state index in [0.29, 0.717) is 12.4 Å². The van der Waals surface area contributed by atoms with Crippen molar-refractivity contribution in [1.29, 1.82) is 0 Å². The normalized spacial score (nSPS) is 20.9. The smallest absolute Gasteiger partial charge is 0.313 e. The molecule has 2 aromatic rings. The summed E-state index contributed by atoms with van der Waals surface area (Å²) in [5.41, 5.74) is 7.05. The number of nitrogen functional groups attached to an aromatic ring is 1. The number of nitrogens with two attached hydrogens (primary N) is 1. The summed E-state index contributed by atoms with van der Waals surface area (Å²) in [6.45, 7) is 5.74. The summed E-state index contributed by atoms with van der Waals surface area (Å²) in [7, 11) is 0. The second kappa shape index (κ2) is 6.97. The van der Waals surface area contributed by atoms with E-state index in [1.165, 1.54) is 6.33 Å². The molecule has 1 fully saturated rings. The van der Waals surface area contributed by atoms with Crippen LogP contribution in [0.2, 0.25) is 0 Å². The SMILES string of the molecule is CC(C)(C)C(=O)OCOCC1CCC(c2ccc3c(N)ncnn23)O1. The number of carbonyl (C=O) groups excluding carboxylic acids is 1. The van der Waals surface area contributed by atoms with Crippen molar-refractivity contribution in [2.75, 3.05) is 19.1 Å². The Morgan fingerprint density at radius 1 is 1.40 bits per heavy atom. The summed E-state index contributed by atoms with van der Waals surface area (Å²) in [5.74, 6) is 0.162. The molecule has 2 atom stereocenters. The van der Waals surface area contributed by atoms with Gasteiger partial charge >= 0.3 is 5.97 Å². The summed E-state index contributed by atoms with van der Waals surface area (Å²) in [6.07, 6.45) is 3.06. The first-order valence-corrected chi connectivity index (χ1v) is 8.35. The third-order valence-electron chi connectivity index (χ3n) is 4.14. The number of anilines is 1. The van der Waals surface area contributed by atoms with Gasteiger partial charge in [-0.05, 0) is 45.7 Å².